The van der Waals surface area contributed by atoms with Crippen LogP contribution in [-0.2, 0) is 17.8 Å². The largest absolute Gasteiger partial charge is 0.380 e. The molecular weight excluding hydrogens is 246 g/mol. The Hall–Kier alpha value is -1.64. The molecule has 0 amide bonds. The average molecular weight is 269 g/mol. The first kappa shape index (κ1) is 14.8. The minimum absolute atomic E-state index is 0.238. The summed E-state index contributed by atoms with van der Waals surface area (Å²) in [4.78, 5) is 2.43. The SMILES string of the molecule is COC(C)CN(Cc1ccccc1)Cc1ccccc1. The van der Waals surface area contributed by atoms with E-state index >= 15 is 0 Å². The van der Waals surface area contributed by atoms with E-state index in [0.29, 0.717) is 0 Å². The van der Waals surface area contributed by atoms with Crippen LogP contribution < -0.4 is 0 Å². The van der Waals surface area contributed by atoms with Crippen molar-refractivity contribution in [2.45, 2.75) is 26.1 Å². The minimum Gasteiger partial charge on any atom is -0.380 e. The van der Waals surface area contributed by atoms with Crippen molar-refractivity contribution in [1.82, 2.24) is 4.90 Å². The first-order valence-electron chi connectivity index (χ1n) is 7.11. The smallest absolute Gasteiger partial charge is 0.0670 e. The van der Waals surface area contributed by atoms with E-state index in [-0.39, 0.29) is 6.10 Å². The molecule has 106 valence electrons. The highest BCUT2D eigenvalue weighted by Crippen LogP contribution is 2.11. The van der Waals surface area contributed by atoms with Crippen LogP contribution >= 0.6 is 0 Å². The van der Waals surface area contributed by atoms with Crippen LogP contribution in [0.15, 0.2) is 60.7 Å². The molecule has 2 heteroatoms. The second kappa shape index (κ2) is 7.83. The van der Waals surface area contributed by atoms with Gasteiger partial charge >= 0.3 is 0 Å². The molecule has 1 unspecified atom stereocenters. The van der Waals surface area contributed by atoms with Crippen LogP contribution in [0, 0.1) is 0 Å². The Balaban J connectivity index is 2.04. The van der Waals surface area contributed by atoms with Crippen molar-refractivity contribution in [1.29, 1.82) is 0 Å². The van der Waals surface area contributed by atoms with Gasteiger partial charge in [0.25, 0.3) is 0 Å². The lowest BCUT2D eigenvalue weighted by atomic mass is 10.1. The van der Waals surface area contributed by atoms with E-state index in [1.54, 1.807) is 7.11 Å². The summed E-state index contributed by atoms with van der Waals surface area (Å²) in [5, 5.41) is 0. The molecule has 0 fully saturated rings. The number of benzene rings is 2. The summed E-state index contributed by atoms with van der Waals surface area (Å²) in [7, 11) is 1.77. The van der Waals surface area contributed by atoms with Crippen molar-refractivity contribution >= 4 is 0 Å². The lowest BCUT2D eigenvalue weighted by Gasteiger charge is -2.25. The van der Waals surface area contributed by atoms with Crippen LogP contribution in [0.3, 0.4) is 0 Å². The van der Waals surface area contributed by atoms with Gasteiger partial charge in [0.05, 0.1) is 6.10 Å². The van der Waals surface area contributed by atoms with Gasteiger partial charge in [-0.15, -0.1) is 0 Å². The zero-order chi connectivity index (χ0) is 14.2. The van der Waals surface area contributed by atoms with Crippen LogP contribution in [0.1, 0.15) is 18.1 Å². The summed E-state index contributed by atoms with van der Waals surface area (Å²) < 4.78 is 5.41. The lowest BCUT2D eigenvalue weighted by Crippen LogP contribution is -2.31. The van der Waals surface area contributed by atoms with Crippen molar-refractivity contribution in [3.8, 4) is 0 Å². The minimum atomic E-state index is 0.238. The third-order valence-electron chi connectivity index (χ3n) is 3.42. The van der Waals surface area contributed by atoms with Crippen molar-refractivity contribution in [3.05, 3.63) is 71.8 Å². The Morgan fingerprint density at radius 1 is 0.850 bits per heavy atom. The molecule has 0 spiro atoms. The molecule has 0 saturated heterocycles. The Morgan fingerprint density at radius 2 is 1.30 bits per heavy atom. The van der Waals surface area contributed by atoms with Crippen LogP contribution in [0.2, 0.25) is 0 Å². The standard InChI is InChI=1S/C18H23NO/c1-16(20-2)13-19(14-17-9-5-3-6-10-17)15-18-11-7-4-8-12-18/h3-12,16H,13-15H2,1-2H3. The van der Waals surface area contributed by atoms with Gasteiger partial charge in [-0.2, -0.15) is 0 Å². The third kappa shape index (κ3) is 4.80. The number of nitrogens with zero attached hydrogens (tertiary/aromatic N) is 1. The third-order valence-corrected chi connectivity index (χ3v) is 3.42. The molecule has 2 nitrogen and oxygen atoms in total. The second-order valence-electron chi connectivity index (χ2n) is 5.19. The van der Waals surface area contributed by atoms with Crippen LogP contribution in [0.4, 0.5) is 0 Å². The van der Waals surface area contributed by atoms with Crippen molar-refractivity contribution in [2.75, 3.05) is 13.7 Å². The van der Waals surface area contributed by atoms with Gasteiger partial charge in [0.2, 0.25) is 0 Å². The molecule has 2 aromatic rings. The predicted octanol–water partition coefficient (Wildman–Crippen LogP) is 3.72. The molecule has 0 aromatic heterocycles. The van der Waals surface area contributed by atoms with Crippen LogP contribution in [-0.4, -0.2) is 24.7 Å². The maximum absolute atomic E-state index is 5.41. The van der Waals surface area contributed by atoms with Crippen molar-refractivity contribution < 1.29 is 4.74 Å². The van der Waals surface area contributed by atoms with Gasteiger partial charge < -0.3 is 4.74 Å². The Labute approximate surface area is 122 Å². The molecule has 2 rings (SSSR count). The van der Waals surface area contributed by atoms with Gasteiger partial charge in [-0.25, -0.2) is 0 Å². The Bertz CT molecular complexity index is 442. The number of rotatable bonds is 7. The van der Waals surface area contributed by atoms with E-state index in [2.05, 4.69) is 72.5 Å². The van der Waals surface area contributed by atoms with Gasteiger partial charge in [-0.3, -0.25) is 4.90 Å². The zero-order valence-corrected chi connectivity index (χ0v) is 12.3. The monoisotopic (exact) mass is 269 g/mol. The fraction of sp³-hybridized carbons (Fsp3) is 0.333. The molecular formula is C18H23NO. The first-order valence-corrected chi connectivity index (χ1v) is 7.11. The van der Waals surface area contributed by atoms with E-state index in [1.165, 1.54) is 11.1 Å². The fourth-order valence-corrected chi connectivity index (χ4v) is 2.31. The molecule has 0 saturated carbocycles. The average Bonchev–Trinajstić information content (AvgIpc) is 2.49. The van der Waals surface area contributed by atoms with Crippen molar-refractivity contribution in [2.24, 2.45) is 0 Å². The first-order chi connectivity index (χ1) is 9.78. The van der Waals surface area contributed by atoms with Gasteiger partial charge in [0.1, 0.15) is 0 Å². The molecule has 0 radical (unpaired) electrons. The number of hydrogen-bond acceptors (Lipinski definition) is 2. The predicted molar refractivity (Wildman–Crippen MR) is 83.5 cm³/mol. The summed E-state index contributed by atoms with van der Waals surface area (Å²) in [6.07, 6.45) is 0.238. The van der Waals surface area contributed by atoms with E-state index in [4.69, 9.17) is 4.74 Å². The highest BCUT2D eigenvalue weighted by atomic mass is 16.5. The molecule has 0 bridgehead atoms. The highest BCUT2D eigenvalue weighted by molar-refractivity contribution is 5.17. The Kier molecular flexibility index (Phi) is 5.78. The van der Waals surface area contributed by atoms with E-state index in [0.717, 1.165) is 19.6 Å². The topological polar surface area (TPSA) is 12.5 Å². The highest BCUT2D eigenvalue weighted by Gasteiger charge is 2.11. The normalized spacial score (nSPS) is 12.6. The molecule has 0 aliphatic heterocycles. The van der Waals surface area contributed by atoms with E-state index < -0.39 is 0 Å². The van der Waals surface area contributed by atoms with Gasteiger partial charge in [-0.05, 0) is 18.1 Å². The maximum atomic E-state index is 5.41. The second-order valence-corrected chi connectivity index (χ2v) is 5.19. The molecule has 2 aromatic carbocycles. The quantitative estimate of drug-likeness (QED) is 0.759. The van der Waals surface area contributed by atoms with Crippen LogP contribution in [0.25, 0.3) is 0 Å². The number of methoxy groups -OCH3 is 1. The van der Waals surface area contributed by atoms with Gasteiger partial charge in [0.15, 0.2) is 0 Å². The van der Waals surface area contributed by atoms with Crippen LogP contribution in [0.5, 0.6) is 0 Å². The summed E-state index contributed by atoms with van der Waals surface area (Å²) in [5.74, 6) is 0. The number of hydrogen-bond donors (Lipinski definition) is 0. The van der Waals surface area contributed by atoms with E-state index in [9.17, 15) is 0 Å². The lowest BCUT2D eigenvalue weighted by molar-refractivity contribution is 0.0714. The molecule has 0 aliphatic rings. The molecule has 0 N–H and O–H groups in total. The van der Waals surface area contributed by atoms with Gasteiger partial charge in [-0.1, -0.05) is 60.7 Å². The maximum Gasteiger partial charge on any atom is 0.0670 e. The summed E-state index contributed by atoms with van der Waals surface area (Å²) in [5.41, 5.74) is 2.68. The summed E-state index contributed by atoms with van der Waals surface area (Å²) in [6.45, 7) is 4.94. The fourth-order valence-electron chi connectivity index (χ4n) is 2.31. The molecule has 0 aliphatic carbocycles. The Morgan fingerprint density at radius 3 is 1.70 bits per heavy atom. The van der Waals surface area contributed by atoms with Crippen molar-refractivity contribution in [3.63, 3.8) is 0 Å². The van der Waals surface area contributed by atoms with Gasteiger partial charge in [0, 0.05) is 26.7 Å². The molecule has 1 atom stereocenters. The number of ether oxygens (including phenoxy) is 1. The zero-order valence-electron chi connectivity index (χ0n) is 12.3. The summed E-state index contributed by atoms with van der Waals surface area (Å²) >= 11 is 0. The molecule has 20 heavy (non-hydrogen) atoms. The summed E-state index contributed by atoms with van der Waals surface area (Å²) in [6, 6.07) is 21.2. The van der Waals surface area contributed by atoms with E-state index in [1.807, 2.05) is 0 Å². The molecule has 0 heterocycles.